The van der Waals surface area contributed by atoms with E-state index in [1.807, 2.05) is 0 Å². The van der Waals surface area contributed by atoms with E-state index in [-0.39, 0.29) is 15.8 Å². The summed E-state index contributed by atoms with van der Waals surface area (Å²) in [4.78, 5) is 34.1. The number of methoxy groups -OCH3 is 2. The van der Waals surface area contributed by atoms with Crippen molar-refractivity contribution in [1.29, 1.82) is 0 Å². The van der Waals surface area contributed by atoms with E-state index in [0.717, 1.165) is 17.8 Å². The van der Waals surface area contributed by atoms with Crippen molar-refractivity contribution in [2.24, 2.45) is 10.2 Å². The third-order valence-corrected chi connectivity index (χ3v) is 3.80. The summed E-state index contributed by atoms with van der Waals surface area (Å²) in [5.41, 5.74) is 0.603. The summed E-state index contributed by atoms with van der Waals surface area (Å²) < 4.78 is 14.6. The number of esters is 2. The van der Waals surface area contributed by atoms with Gasteiger partial charge in [-0.1, -0.05) is 0 Å². The van der Waals surface area contributed by atoms with Gasteiger partial charge in [0.25, 0.3) is 5.91 Å². The zero-order valence-electron chi connectivity index (χ0n) is 14.1. The Bertz CT molecular complexity index is 831. The number of hydrogen-bond acceptors (Lipinski definition) is 9. The highest BCUT2D eigenvalue weighted by molar-refractivity contribution is 8.18. The van der Waals surface area contributed by atoms with Crippen LogP contribution >= 0.6 is 11.8 Å². The first-order chi connectivity index (χ1) is 12.4. The lowest BCUT2D eigenvalue weighted by atomic mass is 10.2. The quantitative estimate of drug-likeness (QED) is 0.270. The number of ether oxygens (including phenoxy) is 3. The molecule has 0 aromatic heterocycles. The monoisotopic (exact) mass is 377 g/mol. The molecule has 1 saturated heterocycles. The van der Waals surface area contributed by atoms with Gasteiger partial charge >= 0.3 is 11.9 Å². The van der Waals surface area contributed by atoms with Crippen molar-refractivity contribution >= 4 is 41.0 Å². The maximum absolute atomic E-state index is 11.7. The Morgan fingerprint density at radius 2 is 2.00 bits per heavy atom. The normalized spacial score (nSPS) is 16.8. The first kappa shape index (κ1) is 19.2. The van der Waals surface area contributed by atoms with E-state index < -0.39 is 17.8 Å². The molecule has 2 rings (SSSR count). The lowest BCUT2D eigenvalue weighted by Gasteiger charge is -2.07. The van der Waals surface area contributed by atoms with Gasteiger partial charge in [0, 0.05) is 13.0 Å². The first-order valence-electron chi connectivity index (χ1n) is 7.19. The third kappa shape index (κ3) is 5.18. The highest BCUT2D eigenvalue weighted by atomic mass is 32.2. The zero-order chi connectivity index (χ0) is 19.1. The molecule has 0 aliphatic carbocycles. The molecular weight excluding hydrogens is 362 g/mol. The number of amidine groups is 1. The number of nitrogens with one attached hydrogen (secondary N) is 1. The summed E-state index contributed by atoms with van der Waals surface area (Å²) in [6.07, 6.45) is 2.48. The van der Waals surface area contributed by atoms with Crippen LogP contribution in [0.3, 0.4) is 0 Å². The second-order valence-electron chi connectivity index (χ2n) is 4.74. The van der Waals surface area contributed by atoms with E-state index in [0.29, 0.717) is 11.3 Å². The molecule has 136 valence electrons. The molecule has 1 amide bonds. The molecule has 1 N–H and O–H groups in total. The largest absolute Gasteiger partial charge is 0.493 e. The number of nitrogens with zero attached hydrogens (tertiary/aromatic N) is 2. The van der Waals surface area contributed by atoms with Gasteiger partial charge in [-0.25, -0.2) is 4.79 Å². The zero-order valence-corrected chi connectivity index (χ0v) is 15.0. The standard InChI is InChI=1S/C16H15N3O6S/c1-9(20)25-12-6-10(4-5-11(12)23-2)8-17-19-16-18-15(22)13(26-16)7-14(21)24-3/h4-8H,1-3H3,(H,18,19,22)/b13-7+,17-8?. The average Bonchev–Trinajstić information content (AvgIpc) is 2.94. The minimum Gasteiger partial charge on any atom is -0.493 e. The van der Waals surface area contributed by atoms with Crippen LogP contribution in [0.15, 0.2) is 39.4 Å². The Morgan fingerprint density at radius 3 is 2.65 bits per heavy atom. The van der Waals surface area contributed by atoms with Crippen molar-refractivity contribution in [3.05, 3.63) is 34.7 Å². The van der Waals surface area contributed by atoms with Gasteiger partial charge in [-0.2, -0.15) is 5.10 Å². The second kappa shape index (κ2) is 8.81. The minimum atomic E-state index is -0.636. The summed E-state index contributed by atoms with van der Waals surface area (Å²) in [6, 6.07) is 4.88. The molecule has 0 atom stereocenters. The van der Waals surface area contributed by atoms with Crippen LogP contribution < -0.4 is 14.8 Å². The van der Waals surface area contributed by atoms with Crippen LogP contribution in [-0.4, -0.2) is 43.4 Å². The lowest BCUT2D eigenvalue weighted by molar-refractivity contribution is -0.135. The molecule has 0 radical (unpaired) electrons. The molecule has 10 heteroatoms. The molecule has 0 spiro atoms. The molecule has 0 saturated carbocycles. The van der Waals surface area contributed by atoms with Gasteiger partial charge in [0.1, 0.15) is 0 Å². The van der Waals surface area contributed by atoms with E-state index in [1.165, 1.54) is 27.4 Å². The second-order valence-corrected chi connectivity index (χ2v) is 5.77. The highest BCUT2D eigenvalue weighted by Crippen LogP contribution is 2.28. The summed E-state index contributed by atoms with van der Waals surface area (Å²) in [5, 5.41) is 10.4. The number of carbonyl (C=O) groups is 3. The molecule has 0 bridgehead atoms. The van der Waals surface area contributed by atoms with Crippen molar-refractivity contribution in [3.63, 3.8) is 0 Å². The highest BCUT2D eigenvalue weighted by Gasteiger charge is 2.25. The van der Waals surface area contributed by atoms with E-state index in [9.17, 15) is 14.4 Å². The van der Waals surface area contributed by atoms with Crippen LogP contribution in [-0.2, 0) is 19.1 Å². The smallest absolute Gasteiger partial charge is 0.331 e. The fourth-order valence-corrected chi connectivity index (χ4v) is 2.54. The van der Waals surface area contributed by atoms with Crippen LogP contribution in [0.25, 0.3) is 0 Å². The Labute approximate surface area is 153 Å². The summed E-state index contributed by atoms with van der Waals surface area (Å²) in [5.74, 6) is -0.921. The summed E-state index contributed by atoms with van der Waals surface area (Å²) >= 11 is 0.962. The van der Waals surface area contributed by atoms with E-state index in [1.54, 1.807) is 18.2 Å². The number of benzene rings is 1. The molecular formula is C16H15N3O6S. The van der Waals surface area contributed by atoms with Crippen molar-refractivity contribution < 1.29 is 28.6 Å². The molecule has 1 aliphatic heterocycles. The maximum Gasteiger partial charge on any atom is 0.331 e. The molecule has 1 fully saturated rings. The minimum absolute atomic E-state index is 0.160. The molecule has 1 heterocycles. The van der Waals surface area contributed by atoms with Crippen molar-refractivity contribution in [2.75, 3.05) is 14.2 Å². The van der Waals surface area contributed by atoms with Crippen LogP contribution in [0.4, 0.5) is 0 Å². The van der Waals surface area contributed by atoms with Gasteiger partial charge in [-0.15, -0.1) is 5.10 Å². The van der Waals surface area contributed by atoms with Gasteiger partial charge < -0.3 is 14.2 Å². The van der Waals surface area contributed by atoms with E-state index in [4.69, 9.17) is 9.47 Å². The average molecular weight is 377 g/mol. The van der Waals surface area contributed by atoms with Crippen LogP contribution in [0.1, 0.15) is 12.5 Å². The van der Waals surface area contributed by atoms with E-state index >= 15 is 0 Å². The topological polar surface area (TPSA) is 116 Å². The third-order valence-electron chi connectivity index (χ3n) is 2.90. The van der Waals surface area contributed by atoms with Crippen LogP contribution in [0.5, 0.6) is 11.5 Å². The number of amides is 1. The van der Waals surface area contributed by atoms with Gasteiger partial charge in [0.05, 0.1) is 25.3 Å². The first-order valence-corrected chi connectivity index (χ1v) is 8.01. The Kier molecular flexibility index (Phi) is 6.50. The summed E-state index contributed by atoms with van der Waals surface area (Å²) in [7, 11) is 2.68. The Balaban J connectivity index is 2.12. The Morgan fingerprint density at radius 1 is 1.23 bits per heavy atom. The van der Waals surface area contributed by atoms with Gasteiger partial charge in [0.15, 0.2) is 16.7 Å². The summed E-state index contributed by atoms with van der Waals surface area (Å²) in [6.45, 7) is 1.28. The molecule has 1 aromatic carbocycles. The molecule has 0 unspecified atom stereocenters. The van der Waals surface area contributed by atoms with Crippen LogP contribution in [0.2, 0.25) is 0 Å². The number of hydrogen-bond donors (Lipinski definition) is 1. The maximum atomic E-state index is 11.7. The van der Waals surface area contributed by atoms with Crippen molar-refractivity contribution in [1.82, 2.24) is 5.32 Å². The fraction of sp³-hybridized carbons (Fsp3) is 0.188. The lowest BCUT2D eigenvalue weighted by Crippen LogP contribution is -2.19. The predicted octanol–water partition coefficient (Wildman–Crippen LogP) is 1.23. The SMILES string of the molecule is COC(=O)/C=C1/S/C(=N\N=Cc2ccc(OC)c(OC(C)=O)c2)NC1=O. The Hall–Kier alpha value is -3.14. The number of thioether (sulfide) groups is 1. The molecule has 9 nitrogen and oxygen atoms in total. The number of carbonyl (C=O) groups excluding carboxylic acids is 3. The van der Waals surface area contributed by atoms with Gasteiger partial charge in [0.2, 0.25) is 0 Å². The van der Waals surface area contributed by atoms with Crippen molar-refractivity contribution in [3.8, 4) is 11.5 Å². The van der Waals surface area contributed by atoms with Crippen LogP contribution in [0, 0.1) is 0 Å². The predicted molar refractivity (Wildman–Crippen MR) is 95.2 cm³/mol. The molecule has 1 aliphatic rings. The molecule has 26 heavy (non-hydrogen) atoms. The van der Waals surface area contributed by atoms with Crippen molar-refractivity contribution in [2.45, 2.75) is 6.92 Å². The van der Waals surface area contributed by atoms with Gasteiger partial charge in [-0.05, 0) is 35.5 Å². The van der Waals surface area contributed by atoms with E-state index in [2.05, 4.69) is 20.3 Å². The van der Waals surface area contributed by atoms with Gasteiger partial charge in [-0.3, -0.25) is 14.9 Å². The fourth-order valence-electron chi connectivity index (χ4n) is 1.80. The molecule has 1 aromatic rings. The number of rotatable bonds is 5.